The van der Waals surface area contributed by atoms with E-state index in [1.165, 1.54) is 0 Å². The second-order valence-corrected chi connectivity index (χ2v) is 4.31. The van der Waals surface area contributed by atoms with Gasteiger partial charge in [0.05, 0.1) is 0 Å². The molecule has 0 fully saturated rings. The van der Waals surface area contributed by atoms with E-state index in [9.17, 15) is 13.2 Å². The van der Waals surface area contributed by atoms with Crippen molar-refractivity contribution in [1.82, 2.24) is 0 Å². The van der Waals surface area contributed by atoms with E-state index in [1.807, 2.05) is 0 Å². The van der Waals surface area contributed by atoms with Gasteiger partial charge in [0.2, 0.25) is 0 Å². The number of hydrogen-bond acceptors (Lipinski definition) is 1. The predicted molar refractivity (Wildman–Crippen MR) is 56.4 cm³/mol. The Morgan fingerprint density at radius 2 is 1.79 bits per heavy atom. The van der Waals surface area contributed by atoms with Crippen LogP contribution in [0.4, 0.5) is 18.9 Å². The molecule has 0 unspecified atom stereocenters. The fourth-order valence-corrected chi connectivity index (χ4v) is 1.43. The van der Waals surface area contributed by atoms with Gasteiger partial charge in [0.25, 0.3) is 0 Å². The molecule has 0 aromatic heterocycles. The molecule has 0 amide bonds. The molecule has 0 aliphatic carbocycles. The maximum Gasteiger partial charge on any atom is 0.405 e. The van der Waals surface area contributed by atoms with E-state index in [4.69, 9.17) is 0 Å². The van der Waals surface area contributed by atoms with Crippen LogP contribution in [0.1, 0.15) is 0 Å². The van der Waals surface area contributed by atoms with E-state index in [0.717, 1.165) is 4.47 Å². The molecule has 0 atom stereocenters. The fourth-order valence-electron chi connectivity index (χ4n) is 0.808. The van der Waals surface area contributed by atoms with Crippen molar-refractivity contribution in [3.05, 3.63) is 27.1 Å². The molecule has 0 saturated carbocycles. The molecule has 78 valence electrons. The highest BCUT2D eigenvalue weighted by molar-refractivity contribution is 9.13. The summed E-state index contributed by atoms with van der Waals surface area (Å²) in [5.41, 5.74) is 0.428. The Kier molecular flexibility index (Phi) is 3.83. The quantitative estimate of drug-likeness (QED) is 0.856. The zero-order valence-electron chi connectivity index (χ0n) is 6.83. The van der Waals surface area contributed by atoms with Crippen molar-refractivity contribution in [1.29, 1.82) is 0 Å². The molecule has 0 aliphatic heterocycles. The van der Waals surface area contributed by atoms with Crippen molar-refractivity contribution in [3.8, 4) is 0 Å². The number of alkyl halides is 3. The van der Waals surface area contributed by atoms with Crippen LogP contribution in [0.15, 0.2) is 27.1 Å². The third-order valence-corrected chi connectivity index (χ3v) is 3.29. The molecule has 0 radical (unpaired) electrons. The van der Waals surface area contributed by atoms with Gasteiger partial charge in [0.1, 0.15) is 6.54 Å². The average molecular weight is 333 g/mol. The highest BCUT2D eigenvalue weighted by atomic mass is 79.9. The predicted octanol–water partition coefficient (Wildman–Crippen LogP) is 4.19. The first-order chi connectivity index (χ1) is 6.38. The van der Waals surface area contributed by atoms with Crippen LogP contribution in [0, 0.1) is 0 Å². The second kappa shape index (κ2) is 4.53. The molecule has 0 aliphatic rings. The molecular weight excluding hydrogens is 327 g/mol. The normalized spacial score (nSPS) is 11.5. The summed E-state index contributed by atoms with van der Waals surface area (Å²) in [5, 5.41) is 2.28. The minimum atomic E-state index is -4.19. The summed E-state index contributed by atoms with van der Waals surface area (Å²) in [7, 11) is 0. The molecule has 0 spiro atoms. The van der Waals surface area contributed by atoms with Crippen LogP contribution in [0.5, 0.6) is 0 Å². The highest BCUT2D eigenvalue weighted by Gasteiger charge is 2.26. The van der Waals surface area contributed by atoms with E-state index in [0.29, 0.717) is 10.2 Å². The molecule has 1 aromatic rings. The van der Waals surface area contributed by atoms with Crippen LogP contribution in [0.2, 0.25) is 0 Å². The molecule has 6 heteroatoms. The Bertz CT molecular complexity index is 325. The van der Waals surface area contributed by atoms with Crippen molar-refractivity contribution in [2.45, 2.75) is 6.18 Å². The lowest BCUT2D eigenvalue weighted by Gasteiger charge is -2.09. The summed E-state index contributed by atoms with van der Waals surface area (Å²) in [6, 6.07) is 4.82. The lowest BCUT2D eigenvalue weighted by Crippen LogP contribution is -2.21. The van der Waals surface area contributed by atoms with Gasteiger partial charge in [-0.15, -0.1) is 0 Å². The van der Waals surface area contributed by atoms with E-state index >= 15 is 0 Å². The topological polar surface area (TPSA) is 12.0 Å². The first-order valence-electron chi connectivity index (χ1n) is 3.64. The molecule has 1 N–H and O–H groups in total. The van der Waals surface area contributed by atoms with E-state index < -0.39 is 12.7 Å². The number of halogens is 5. The Morgan fingerprint density at radius 3 is 2.29 bits per heavy atom. The van der Waals surface area contributed by atoms with Gasteiger partial charge >= 0.3 is 6.18 Å². The van der Waals surface area contributed by atoms with Gasteiger partial charge in [-0.1, -0.05) is 0 Å². The molecule has 0 saturated heterocycles. The van der Waals surface area contributed by atoms with E-state index in [-0.39, 0.29) is 0 Å². The zero-order valence-corrected chi connectivity index (χ0v) is 10.0. The molecule has 1 aromatic carbocycles. The molecule has 14 heavy (non-hydrogen) atoms. The summed E-state index contributed by atoms with van der Waals surface area (Å²) in [6.45, 7) is -1.03. The van der Waals surface area contributed by atoms with Gasteiger partial charge in [0.15, 0.2) is 0 Å². The third kappa shape index (κ3) is 3.88. The van der Waals surface area contributed by atoms with Crippen LogP contribution in [-0.4, -0.2) is 12.7 Å². The van der Waals surface area contributed by atoms with Gasteiger partial charge in [-0.05, 0) is 50.1 Å². The number of anilines is 1. The first-order valence-corrected chi connectivity index (χ1v) is 5.23. The Hall–Kier alpha value is -0.230. The van der Waals surface area contributed by atoms with Gasteiger partial charge in [-0.25, -0.2) is 0 Å². The van der Waals surface area contributed by atoms with Crippen molar-refractivity contribution in [2.75, 3.05) is 11.9 Å². The number of benzene rings is 1. The molecule has 1 rings (SSSR count). The first kappa shape index (κ1) is 11.8. The Balaban J connectivity index is 2.65. The maximum atomic E-state index is 11.8. The van der Waals surface area contributed by atoms with Gasteiger partial charge in [0, 0.05) is 14.6 Å². The van der Waals surface area contributed by atoms with Crippen molar-refractivity contribution < 1.29 is 13.2 Å². The van der Waals surface area contributed by atoms with Gasteiger partial charge in [-0.2, -0.15) is 13.2 Å². The highest BCUT2D eigenvalue weighted by Crippen LogP contribution is 2.26. The minimum Gasteiger partial charge on any atom is -0.376 e. The van der Waals surface area contributed by atoms with Gasteiger partial charge in [-0.3, -0.25) is 0 Å². The summed E-state index contributed by atoms with van der Waals surface area (Å²) in [6.07, 6.45) is -4.19. The number of rotatable bonds is 2. The number of hydrogen-bond donors (Lipinski definition) is 1. The van der Waals surface area contributed by atoms with Crippen LogP contribution in [0.3, 0.4) is 0 Å². The van der Waals surface area contributed by atoms with Crippen molar-refractivity contribution >= 4 is 37.5 Å². The summed E-state index contributed by atoms with van der Waals surface area (Å²) in [5.74, 6) is 0. The molecule has 1 nitrogen and oxygen atoms in total. The fraction of sp³-hybridized carbons (Fsp3) is 0.250. The van der Waals surface area contributed by atoms with Crippen LogP contribution in [-0.2, 0) is 0 Å². The van der Waals surface area contributed by atoms with E-state index in [1.54, 1.807) is 18.2 Å². The summed E-state index contributed by atoms with van der Waals surface area (Å²) < 4.78 is 37.0. The Labute approximate surface area is 95.9 Å². The third-order valence-electron chi connectivity index (χ3n) is 1.41. The lowest BCUT2D eigenvalue weighted by molar-refractivity contribution is -0.115. The zero-order chi connectivity index (χ0) is 10.8. The van der Waals surface area contributed by atoms with Crippen LogP contribution in [0.25, 0.3) is 0 Å². The summed E-state index contributed by atoms with van der Waals surface area (Å²) in [4.78, 5) is 0. The average Bonchev–Trinajstić information content (AvgIpc) is 2.06. The largest absolute Gasteiger partial charge is 0.405 e. The van der Waals surface area contributed by atoms with E-state index in [2.05, 4.69) is 37.2 Å². The van der Waals surface area contributed by atoms with Crippen molar-refractivity contribution in [2.24, 2.45) is 0 Å². The Morgan fingerprint density at radius 1 is 1.14 bits per heavy atom. The molecule has 0 bridgehead atoms. The monoisotopic (exact) mass is 331 g/mol. The minimum absolute atomic E-state index is 0.428. The lowest BCUT2D eigenvalue weighted by atomic mass is 10.3. The standard InChI is InChI=1S/C8H6Br2F3N/c9-6-2-1-5(3-7(6)10)14-4-8(11,12)13/h1-3,14H,4H2. The van der Waals surface area contributed by atoms with Gasteiger partial charge < -0.3 is 5.32 Å². The smallest absolute Gasteiger partial charge is 0.376 e. The maximum absolute atomic E-state index is 11.8. The molecule has 0 heterocycles. The SMILES string of the molecule is FC(F)(F)CNc1ccc(Br)c(Br)c1. The van der Waals surface area contributed by atoms with Crippen LogP contribution < -0.4 is 5.32 Å². The van der Waals surface area contributed by atoms with Crippen molar-refractivity contribution in [3.63, 3.8) is 0 Å². The molecular formula is C8H6Br2F3N. The summed E-state index contributed by atoms with van der Waals surface area (Å²) >= 11 is 6.42. The second-order valence-electron chi connectivity index (χ2n) is 2.60. The number of nitrogens with one attached hydrogen (secondary N) is 1. The van der Waals surface area contributed by atoms with Crippen LogP contribution >= 0.6 is 31.9 Å².